The van der Waals surface area contributed by atoms with E-state index in [4.69, 9.17) is 0 Å². The van der Waals surface area contributed by atoms with E-state index in [1.165, 1.54) is 11.8 Å². The number of rotatable bonds is 3. The second-order valence-electron chi connectivity index (χ2n) is 6.45. The maximum absolute atomic E-state index is 12.1. The number of nitrogens with one attached hydrogen (secondary N) is 2. The Kier molecular flexibility index (Phi) is 4.61. The molecule has 0 aliphatic carbocycles. The van der Waals surface area contributed by atoms with Crippen LogP contribution >= 0.6 is 11.8 Å². The Morgan fingerprint density at radius 2 is 2.05 bits per heavy atom. The molecule has 0 fully saturated rings. The minimum Gasteiger partial charge on any atom is -0.353 e. The van der Waals surface area contributed by atoms with Gasteiger partial charge in [-0.05, 0) is 24.5 Å². The van der Waals surface area contributed by atoms with Crippen molar-refractivity contribution in [2.24, 2.45) is 5.41 Å². The van der Waals surface area contributed by atoms with Crippen LogP contribution in [0, 0.1) is 5.41 Å². The van der Waals surface area contributed by atoms with Crippen LogP contribution in [0.15, 0.2) is 29.2 Å². The predicted molar refractivity (Wildman–Crippen MR) is 86.4 cm³/mol. The Labute approximate surface area is 130 Å². The molecule has 1 aromatic carbocycles. The molecule has 0 spiro atoms. The number of carbonyl (C=O) groups is 2. The van der Waals surface area contributed by atoms with Gasteiger partial charge >= 0.3 is 0 Å². The van der Waals surface area contributed by atoms with Gasteiger partial charge in [0, 0.05) is 17.4 Å². The number of hydrogen-bond acceptors (Lipinski definition) is 3. The molecule has 0 saturated heterocycles. The molecule has 2 rings (SSSR count). The molecule has 5 heteroatoms. The number of thioether (sulfide) groups is 1. The summed E-state index contributed by atoms with van der Waals surface area (Å²) in [5, 5.41) is 5.47. The van der Waals surface area contributed by atoms with Gasteiger partial charge in [-0.1, -0.05) is 32.9 Å². The number of benzene rings is 1. The summed E-state index contributed by atoms with van der Waals surface area (Å²) in [6, 6.07) is 7.72. The summed E-state index contributed by atoms with van der Waals surface area (Å²) in [5.41, 5.74) is 0.830. The van der Waals surface area contributed by atoms with Gasteiger partial charge < -0.3 is 10.6 Å². The summed E-state index contributed by atoms with van der Waals surface area (Å²) in [7, 11) is 0. The Hall–Kier alpha value is -1.49. The molecule has 0 unspecified atom stereocenters. The lowest BCUT2D eigenvalue weighted by atomic mass is 9.88. The highest BCUT2D eigenvalue weighted by atomic mass is 32.2. The van der Waals surface area contributed by atoms with E-state index in [0.717, 1.165) is 10.6 Å². The molecular weight excluding hydrogens is 284 g/mol. The van der Waals surface area contributed by atoms with Gasteiger partial charge in [-0.2, -0.15) is 0 Å². The Balaban J connectivity index is 1.98. The van der Waals surface area contributed by atoms with Gasteiger partial charge in [0.1, 0.15) is 0 Å². The summed E-state index contributed by atoms with van der Waals surface area (Å²) >= 11 is 1.46. The molecule has 1 aliphatic heterocycles. The van der Waals surface area contributed by atoms with Crippen molar-refractivity contribution in [2.75, 3.05) is 5.32 Å². The minimum atomic E-state index is -0.368. The first-order chi connectivity index (χ1) is 9.77. The highest BCUT2D eigenvalue weighted by Gasteiger charge is 2.30. The summed E-state index contributed by atoms with van der Waals surface area (Å²) in [4.78, 5) is 25.2. The van der Waals surface area contributed by atoms with Crippen LogP contribution in [0.4, 0.5) is 5.69 Å². The maximum atomic E-state index is 12.1. The first-order valence-electron chi connectivity index (χ1n) is 7.13. The molecule has 0 bridgehead atoms. The fourth-order valence-electron chi connectivity index (χ4n) is 1.91. The monoisotopic (exact) mass is 306 g/mol. The van der Waals surface area contributed by atoms with Crippen molar-refractivity contribution in [3.05, 3.63) is 24.3 Å². The SMILES string of the molecule is C[C@@H](NC(=O)C[C@@H]1Sc2ccccc2NC1=O)C(C)(C)C. The lowest BCUT2D eigenvalue weighted by Crippen LogP contribution is -2.43. The number of amides is 2. The number of hydrogen-bond donors (Lipinski definition) is 2. The second kappa shape index (κ2) is 6.10. The molecule has 1 heterocycles. The van der Waals surface area contributed by atoms with E-state index in [9.17, 15) is 9.59 Å². The van der Waals surface area contributed by atoms with Crippen LogP contribution < -0.4 is 10.6 Å². The van der Waals surface area contributed by atoms with Crippen LogP contribution in [-0.2, 0) is 9.59 Å². The molecule has 1 aromatic rings. The number of carbonyl (C=O) groups excluding carboxylic acids is 2. The van der Waals surface area contributed by atoms with E-state index >= 15 is 0 Å². The Morgan fingerprint density at radius 3 is 2.71 bits per heavy atom. The Morgan fingerprint density at radius 1 is 1.38 bits per heavy atom. The molecule has 0 aromatic heterocycles. The molecule has 1 aliphatic rings. The largest absolute Gasteiger partial charge is 0.353 e. The zero-order valence-corrected chi connectivity index (χ0v) is 13.7. The maximum Gasteiger partial charge on any atom is 0.238 e. The van der Waals surface area contributed by atoms with Crippen molar-refractivity contribution in [3.63, 3.8) is 0 Å². The second-order valence-corrected chi connectivity index (χ2v) is 7.70. The first-order valence-corrected chi connectivity index (χ1v) is 8.01. The third-order valence-corrected chi connectivity index (χ3v) is 5.03. The molecule has 4 nitrogen and oxygen atoms in total. The third kappa shape index (κ3) is 4.00. The van der Waals surface area contributed by atoms with Crippen LogP contribution in [0.5, 0.6) is 0 Å². The average molecular weight is 306 g/mol. The van der Waals surface area contributed by atoms with Gasteiger partial charge in [0.15, 0.2) is 0 Å². The molecule has 2 amide bonds. The summed E-state index contributed by atoms with van der Waals surface area (Å²) in [5.74, 6) is -0.179. The normalized spacial score (nSPS) is 19.4. The lowest BCUT2D eigenvalue weighted by molar-refractivity contribution is -0.125. The van der Waals surface area contributed by atoms with Crippen molar-refractivity contribution < 1.29 is 9.59 Å². The average Bonchev–Trinajstić information content (AvgIpc) is 2.38. The van der Waals surface area contributed by atoms with Crippen molar-refractivity contribution in [2.45, 2.75) is 50.3 Å². The van der Waals surface area contributed by atoms with Crippen molar-refractivity contribution in [1.82, 2.24) is 5.32 Å². The van der Waals surface area contributed by atoms with E-state index in [1.807, 2.05) is 31.2 Å². The first kappa shape index (κ1) is 15.9. The van der Waals surface area contributed by atoms with Crippen LogP contribution in [0.25, 0.3) is 0 Å². The quantitative estimate of drug-likeness (QED) is 0.902. The minimum absolute atomic E-state index is 0.00419. The highest BCUT2D eigenvalue weighted by Crippen LogP contribution is 2.36. The highest BCUT2D eigenvalue weighted by molar-refractivity contribution is 8.01. The molecule has 21 heavy (non-hydrogen) atoms. The summed E-state index contributed by atoms with van der Waals surface area (Å²) < 4.78 is 0. The van der Waals surface area contributed by atoms with Crippen LogP contribution in [0.2, 0.25) is 0 Å². The zero-order chi connectivity index (χ0) is 15.6. The topological polar surface area (TPSA) is 58.2 Å². The van der Waals surface area contributed by atoms with Gasteiger partial charge in [-0.3, -0.25) is 9.59 Å². The van der Waals surface area contributed by atoms with Crippen molar-refractivity contribution in [1.29, 1.82) is 0 Å². The lowest BCUT2D eigenvalue weighted by Gasteiger charge is -2.29. The standard InChI is InChI=1S/C16H22N2O2S/c1-10(16(2,3)4)17-14(19)9-13-15(20)18-11-7-5-6-8-12(11)21-13/h5-8,10,13H,9H2,1-4H3,(H,17,19)(H,18,20)/t10-,13+/m1/s1. The summed E-state index contributed by atoms with van der Waals surface area (Å²) in [6.45, 7) is 8.23. The fraction of sp³-hybridized carbons (Fsp3) is 0.500. The van der Waals surface area contributed by atoms with Gasteiger partial charge in [0.2, 0.25) is 11.8 Å². The Bertz CT molecular complexity index is 551. The van der Waals surface area contributed by atoms with Crippen molar-refractivity contribution in [3.8, 4) is 0 Å². The molecule has 2 N–H and O–H groups in total. The molecule has 0 radical (unpaired) electrons. The van der Waals surface area contributed by atoms with E-state index < -0.39 is 0 Å². The third-order valence-electron chi connectivity index (χ3n) is 3.75. The number of fused-ring (bicyclic) bond motifs is 1. The van der Waals surface area contributed by atoms with Gasteiger partial charge in [0.05, 0.1) is 10.9 Å². The zero-order valence-electron chi connectivity index (χ0n) is 12.9. The van der Waals surface area contributed by atoms with Crippen LogP contribution in [0.3, 0.4) is 0 Å². The van der Waals surface area contributed by atoms with Crippen molar-refractivity contribution >= 4 is 29.3 Å². The molecular formula is C16H22N2O2S. The summed E-state index contributed by atoms with van der Waals surface area (Å²) in [6.07, 6.45) is 0.200. The van der Waals surface area contributed by atoms with E-state index in [0.29, 0.717) is 0 Å². The van der Waals surface area contributed by atoms with Crippen LogP contribution in [0.1, 0.15) is 34.1 Å². The molecule has 2 atom stereocenters. The molecule has 114 valence electrons. The van der Waals surface area contributed by atoms with Gasteiger partial charge in [0.25, 0.3) is 0 Å². The smallest absolute Gasteiger partial charge is 0.238 e. The number of anilines is 1. The van der Waals surface area contributed by atoms with Gasteiger partial charge in [-0.15, -0.1) is 11.8 Å². The van der Waals surface area contributed by atoms with Crippen LogP contribution in [-0.4, -0.2) is 23.1 Å². The number of para-hydroxylation sites is 1. The van der Waals surface area contributed by atoms with E-state index in [-0.39, 0.29) is 34.9 Å². The van der Waals surface area contributed by atoms with Gasteiger partial charge in [-0.25, -0.2) is 0 Å². The predicted octanol–water partition coefficient (Wildman–Crippen LogP) is 3.04. The fourth-order valence-corrected chi connectivity index (χ4v) is 3.02. The van der Waals surface area contributed by atoms with E-state index in [1.54, 1.807) is 0 Å². The van der Waals surface area contributed by atoms with E-state index in [2.05, 4.69) is 31.4 Å². The molecule has 0 saturated carbocycles.